The van der Waals surface area contributed by atoms with Crippen LogP contribution in [0.15, 0.2) is 24.3 Å². The van der Waals surface area contributed by atoms with Gasteiger partial charge in [0, 0.05) is 30.3 Å². The fourth-order valence-electron chi connectivity index (χ4n) is 2.72. The summed E-state index contributed by atoms with van der Waals surface area (Å²) < 4.78 is 16.2. The van der Waals surface area contributed by atoms with E-state index in [1.165, 1.54) is 0 Å². The normalized spacial score (nSPS) is 12.6. The number of halogens is 1. The van der Waals surface area contributed by atoms with Crippen molar-refractivity contribution in [1.82, 2.24) is 15.1 Å². The van der Waals surface area contributed by atoms with Crippen molar-refractivity contribution in [2.75, 3.05) is 6.54 Å². The van der Waals surface area contributed by atoms with Crippen LogP contribution in [0, 0.1) is 19.7 Å². The first-order valence-electron chi connectivity index (χ1n) is 7.57. The lowest BCUT2D eigenvalue weighted by Crippen LogP contribution is -2.25. The predicted octanol–water partition coefficient (Wildman–Crippen LogP) is 3.55. The molecule has 0 saturated carbocycles. The van der Waals surface area contributed by atoms with E-state index in [1.807, 2.05) is 37.6 Å². The van der Waals surface area contributed by atoms with Gasteiger partial charge in [0.05, 0.1) is 5.69 Å². The number of aromatic nitrogens is 2. The fourth-order valence-corrected chi connectivity index (χ4v) is 2.72. The Morgan fingerprint density at radius 3 is 2.67 bits per heavy atom. The first kappa shape index (κ1) is 15.7. The fraction of sp³-hybridized carbons (Fsp3) is 0.471. The van der Waals surface area contributed by atoms with Gasteiger partial charge < -0.3 is 5.32 Å². The number of nitrogens with zero attached hydrogens (tertiary/aromatic N) is 2. The van der Waals surface area contributed by atoms with Gasteiger partial charge in [0.2, 0.25) is 0 Å². The number of nitrogens with one attached hydrogen (secondary N) is 1. The highest BCUT2D eigenvalue weighted by Crippen LogP contribution is 2.23. The second-order valence-corrected chi connectivity index (χ2v) is 5.43. The molecule has 2 aromatic rings. The van der Waals surface area contributed by atoms with Gasteiger partial charge in [0.1, 0.15) is 5.82 Å². The Balaban J connectivity index is 2.32. The lowest BCUT2D eigenvalue weighted by atomic mass is 9.99. The average Bonchev–Trinajstić information content (AvgIpc) is 2.81. The number of likely N-dealkylation sites (N-methyl/N-ethyl adjacent to an activating group) is 1. The highest BCUT2D eigenvalue weighted by Gasteiger charge is 2.18. The zero-order valence-electron chi connectivity index (χ0n) is 13.3. The lowest BCUT2D eigenvalue weighted by molar-refractivity contribution is 0.489. The number of aryl methyl sites for hydroxylation is 3. The largest absolute Gasteiger partial charge is 0.310 e. The number of hydrogen-bond acceptors (Lipinski definition) is 2. The summed E-state index contributed by atoms with van der Waals surface area (Å²) in [6, 6.07) is 7.35. The minimum atomic E-state index is -0.147. The number of rotatable bonds is 6. The zero-order valence-corrected chi connectivity index (χ0v) is 13.3. The van der Waals surface area contributed by atoms with E-state index in [9.17, 15) is 4.39 Å². The topological polar surface area (TPSA) is 29.9 Å². The molecule has 0 spiro atoms. The lowest BCUT2D eigenvalue weighted by Gasteiger charge is -2.20. The molecule has 1 heterocycles. The predicted molar refractivity (Wildman–Crippen MR) is 83.9 cm³/mol. The van der Waals surface area contributed by atoms with E-state index in [-0.39, 0.29) is 11.9 Å². The van der Waals surface area contributed by atoms with Crippen LogP contribution in [0.25, 0.3) is 0 Å². The quantitative estimate of drug-likeness (QED) is 0.881. The summed E-state index contributed by atoms with van der Waals surface area (Å²) in [5.74, 6) is -0.147. The van der Waals surface area contributed by atoms with Crippen LogP contribution in [0.4, 0.5) is 4.39 Å². The van der Waals surface area contributed by atoms with Crippen LogP contribution < -0.4 is 5.32 Å². The summed E-state index contributed by atoms with van der Waals surface area (Å²) in [6.07, 6.45) is 0.739. The first-order valence-corrected chi connectivity index (χ1v) is 7.57. The van der Waals surface area contributed by atoms with Crippen LogP contribution in [-0.4, -0.2) is 16.3 Å². The van der Waals surface area contributed by atoms with E-state index in [4.69, 9.17) is 0 Å². The molecule has 1 aromatic carbocycles. The Hall–Kier alpha value is -1.68. The molecule has 0 bridgehead atoms. The second kappa shape index (κ2) is 6.85. The molecular weight excluding hydrogens is 265 g/mol. The maximum absolute atomic E-state index is 14.2. The standard InChI is InChI=1S/C17H24FN3/c1-5-19-17(15-9-12(3)7-8-16(15)18)11-14-10-13(4)20-21(14)6-2/h7-10,17,19H,5-6,11H2,1-4H3. The monoisotopic (exact) mass is 289 g/mol. The Morgan fingerprint density at radius 2 is 2.00 bits per heavy atom. The molecule has 3 nitrogen and oxygen atoms in total. The van der Waals surface area contributed by atoms with Gasteiger partial charge in [-0.25, -0.2) is 4.39 Å². The molecule has 1 unspecified atom stereocenters. The molecule has 0 aliphatic rings. The maximum atomic E-state index is 14.2. The van der Waals surface area contributed by atoms with E-state index >= 15 is 0 Å². The molecule has 1 N–H and O–H groups in total. The highest BCUT2D eigenvalue weighted by molar-refractivity contribution is 5.28. The van der Waals surface area contributed by atoms with Crippen LogP contribution in [0.1, 0.15) is 42.4 Å². The molecule has 0 saturated heterocycles. The van der Waals surface area contributed by atoms with Crippen molar-refractivity contribution in [1.29, 1.82) is 0 Å². The van der Waals surface area contributed by atoms with Crippen molar-refractivity contribution in [2.45, 2.75) is 46.7 Å². The van der Waals surface area contributed by atoms with Gasteiger partial charge >= 0.3 is 0 Å². The summed E-state index contributed by atoms with van der Waals surface area (Å²) in [6.45, 7) is 9.74. The van der Waals surface area contributed by atoms with Gasteiger partial charge in [-0.15, -0.1) is 0 Å². The smallest absolute Gasteiger partial charge is 0.128 e. The molecule has 1 atom stereocenters. The van der Waals surface area contributed by atoms with Crippen molar-refractivity contribution in [3.05, 3.63) is 52.6 Å². The molecule has 0 aliphatic carbocycles. The van der Waals surface area contributed by atoms with Gasteiger partial charge in [0.25, 0.3) is 0 Å². The van der Waals surface area contributed by atoms with Crippen molar-refractivity contribution < 1.29 is 4.39 Å². The van der Waals surface area contributed by atoms with E-state index in [2.05, 4.69) is 23.4 Å². The molecule has 4 heteroatoms. The van der Waals surface area contributed by atoms with E-state index < -0.39 is 0 Å². The SMILES string of the molecule is CCNC(Cc1cc(C)nn1CC)c1cc(C)ccc1F. The van der Waals surface area contributed by atoms with Crippen molar-refractivity contribution in [3.63, 3.8) is 0 Å². The van der Waals surface area contributed by atoms with Crippen LogP contribution in [-0.2, 0) is 13.0 Å². The highest BCUT2D eigenvalue weighted by atomic mass is 19.1. The summed E-state index contributed by atoms with van der Waals surface area (Å²) in [7, 11) is 0. The molecule has 0 radical (unpaired) electrons. The Kier molecular flexibility index (Phi) is 5.12. The molecule has 21 heavy (non-hydrogen) atoms. The second-order valence-electron chi connectivity index (χ2n) is 5.43. The number of hydrogen-bond donors (Lipinski definition) is 1. The summed E-state index contributed by atoms with van der Waals surface area (Å²) in [5, 5.41) is 7.87. The van der Waals surface area contributed by atoms with Gasteiger partial charge in [-0.1, -0.05) is 24.6 Å². The molecule has 1 aromatic heterocycles. The molecule has 0 aliphatic heterocycles. The Labute approximate surface area is 126 Å². The van der Waals surface area contributed by atoms with E-state index in [1.54, 1.807) is 6.07 Å². The van der Waals surface area contributed by atoms with Crippen LogP contribution in [0.2, 0.25) is 0 Å². The summed E-state index contributed by atoms with van der Waals surface area (Å²) in [5.41, 5.74) is 3.96. The molecule has 0 fully saturated rings. The van der Waals surface area contributed by atoms with Crippen LogP contribution in [0.3, 0.4) is 0 Å². The molecule has 0 amide bonds. The van der Waals surface area contributed by atoms with Gasteiger partial charge in [-0.2, -0.15) is 5.10 Å². The Bertz CT molecular complexity index is 604. The van der Waals surface area contributed by atoms with Crippen LogP contribution >= 0.6 is 0 Å². The van der Waals surface area contributed by atoms with Crippen LogP contribution in [0.5, 0.6) is 0 Å². The van der Waals surface area contributed by atoms with E-state index in [0.717, 1.165) is 42.0 Å². The number of benzene rings is 1. The van der Waals surface area contributed by atoms with Crippen molar-refractivity contribution in [2.24, 2.45) is 0 Å². The maximum Gasteiger partial charge on any atom is 0.128 e. The van der Waals surface area contributed by atoms with Crippen molar-refractivity contribution in [3.8, 4) is 0 Å². The minimum Gasteiger partial charge on any atom is -0.310 e. The molecular formula is C17H24FN3. The van der Waals surface area contributed by atoms with E-state index in [0.29, 0.717) is 0 Å². The first-order chi connectivity index (χ1) is 10.0. The third-order valence-electron chi connectivity index (χ3n) is 3.68. The minimum absolute atomic E-state index is 0.0312. The third kappa shape index (κ3) is 3.70. The summed E-state index contributed by atoms with van der Waals surface area (Å²) >= 11 is 0. The third-order valence-corrected chi connectivity index (χ3v) is 3.68. The molecule has 114 valence electrons. The van der Waals surface area contributed by atoms with Crippen molar-refractivity contribution >= 4 is 0 Å². The van der Waals surface area contributed by atoms with Gasteiger partial charge in [-0.3, -0.25) is 4.68 Å². The van der Waals surface area contributed by atoms with Gasteiger partial charge in [-0.05, 0) is 39.4 Å². The zero-order chi connectivity index (χ0) is 15.4. The molecule has 2 rings (SSSR count). The summed E-state index contributed by atoms with van der Waals surface area (Å²) in [4.78, 5) is 0. The van der Waals surface area contributed by atoms with Gasteiger partial charge in [0.15, 0.2) is 0 Å². The average molecular weight is 289 g/mol. The Morgan fingerprint density at radius 1 is 1.24 bits per heavy atom.